The third-order valence-corrected chi connectivity index (χ3v) is 3.74. The fraction of sp³-hybridized carbons (Fsp3) is 0.231. The second kappa shape index (κ2) is 6.94. The van der Waals surface area contributed by atoms with Crippen LogP contribution in [0.5, 0.6) is 5.75 Å². The summed E-state index contributed by atoms with van der Waals surface area (Å²) in [4.78, 5) is 31.0. The topological polar surface area (TPSA) is 132 Å². The number of guanidine groups is 1. The lowest BCUT2D eigenvalue weighted by molar-refractivity contribution is -0.121. The fourth-order valence-corrected chi connectivity index (χ4v) is 2.66. The largest absolute Gasteiger partial charge is 0.497 e. The first kappa shape index (κ1) is 15.8. The molecule has 2 amide bonds. The Bertz CT molecular complexity index is 638. The summed E-state index contributed by atoms with van der Waals surface area (Å²) >= 11 is 1.06. The van der Waals surface area contributed by atoms with Gasteiger partial charge in [-0.1, -0.05) is 11.8 Å². The third kappa shape index (κ3) is 4.22. The highest BCUT2D eigenvalue weighted by molar-refractivity contribution is 8.15. The molecule has 0 saturated carbocycles. The molecule has 1 aliphatic rings. The molecule has 9 heteroatoms. The number of nitrogens with zero attached hydrogens (tertiary/aromatic N) is 2. The van der Waals surface area contributed by atoms with E-state index in [-0.39, 0.29) is 23.5 Å². The van der Waals surface area contributed by atoms with Gasteiger partial charge in [0.1, 0.15) is 11.0 Å². The predicted octanol–water partition coefficient (Wildman–Crippen LogP) is 0.295. The Balaban J connectivity index is 1.90. The lowest BCUT2D eigenvalue weighted by Gasteiger charge is -2.08. The molecule has 0 saturated heterocycles. The van der Waals surface area contributed by atoms with E-state index in [2.05, 4.69) is 15.3 Å². The highest BCUT2D eigenvalue weighted by Crippen LogP contribution is 2.26. The molecule has 22 heavy (non-hydrogen) atoms. The zero-order chi connectivity index (χ0) is 16.1. The standard InChI is InChI=1S/C13H15N5O3S/c1-21-8-4-2-7(3-5-8)16-10(19)6-9-11(20)17-13(22-9)18-12(14)15/h2-5,9H,6H2,1H3,(H,16,19)(H4,14,15,17,18,20)/t9-/m0/s1. The number of amidine groups is 1. The highest BCUT2D eigenvalue weighted by atomic mass is 32.2. The van der Waals surface area contributed by atoms with E-state index >= 15 is 0 Å². The molecule has 1 heterocycles. The summed E-state index contributed by atoms with van der Waals surface area (Å²) in [5.74, 6) is -0.204. The summed E-state index contributed by atoms with van der Waals surface area (Å²) in [5.41, 5.74) is 11.1. The Hall–Kier alpha value is -2.55. The number of amides is 2. The maximum Gasteiger partial charge on any atom is 0.262 e. The van der Waals surface area contributed by atoms with Crippen LogP contribution in [0.1, 0.15) is 6.42 Å². The van der Waals surface area contributed by atoms with Gasteiger partial charge in [0, 0.05) is 12.1 Å². The molecular weight excluding hydrogens is 306 g/mol. The van der Waals surface area contributed by atoms with Gasteiger partial charge in [-0.05, 0) is 24.3 Å². The van der Waals surface area contributed by atoms with Crippen LogP contribution in [0, 0.1) is 0 Å². The van der Waals surface area contributed by atoms with Crippen molar-refractivity contribution >= 4 is 40.4 Å². The molecule has 0 radical (unpaired) electrons. The molecule has 1 aromatic rings. The molecule has 0 aromatic heterocycles. The minimum absolute atomic E-state index is 0.0114. The minimum atomic E-state index is -0.614. The van der Waals surface area contributed by atoms with E-state index in [1.165, 1.54) is 0 Å². The molecule has 1 aliphatic heterocycles. The number of nitrogens with two attached hydrogens (primary N) is 2. The van der Waals surface area contributed by atoms with E-state index in [1.54, 1.807) is 31.4 Å². The summed E-state index contributed by atoms with van der Waals surface area (Å²) in [6, 6.07) is 6.87. The summed E-state index contributed by atoms with van der Waals surface area (Å²) in [6.07, 6.45) is -0.0114. The van der Waals surface area contributed by atoms with Gasteiger partial charge in [-0.25, -0.2) is 0 Å². The van der Waals surface area contributed by atoms with Crippen LogP contribution in [0.25, 0.3) is 0 Å². The molecule has 1 aromatic carbocycles. The van der Waals surface area contributed by atoms with Gasteiger partial charge in [-0.15, -0.1) is 0 Å². The Labute approximate surface area is 131 Å². The summed E-state index contributed by atoms with van der Waals surface area (Å²) < 4.78 is 5.03. The van der Waals surface area contributed by atoms with Crippen molar-refractivity contribution in [3.63, 3.8) is 0 Å². The van der Waals surface area contributed by atoms with E-state index in [0.29, 0.717) is 11.4 Å². The van der Waals surface area contributed by atoms with Gasteiger partial charge >= 0.3 is 0 Å². The third-order valence-electron chi connectivity index (χ3n) is 2.70. The van der Waals surface area contributed by atoms with Crippen molar-refractivity contribution in [1.82, 2.24) is 0 Å². The predicted molar refractivity (Wildman–Crippen MR) is 85.9 cm³/mol. The summed E-state index contributed by atoms with van der Waals surface area (Å²) in [6.45, 7) is 0. The number of hydrogen-bond donors (Lipinski definition) is 3. The van der Waals surface area contributed by atoms with Gasteiger partial charge in [0.05, 0.1) is 7.11 Å². The normalized spacial score (nSPS) is 16.9. The van der Waals surface area contributed by atoms with Gasteiger partial charge in [0.15, 0.2) is 11.1 Å². The zero-order valence-electron chi connectivity index (χ0n) is 11.8. The van der Waals surface area contributed by atoms with Crippen molar-refractivity contribution in [2.75, 3.05) is 12.4 Å². The highest BCUT2D eigenvalue weighted by Gasteiger charge is 2.30. The van der Waals surface area contributed by atoms with E-state index in [0.717, 1.165) is 11.8 Å². The van der Waals surface area contributed by atoms with Crippen LogP contribution in [0.3, 0.4) is 0 Å². The number of thioether (sulfide) groups is 1. The number of rotatable bonds is 4. The maximum absolute atomic E-state index is 12.0. The van der Waals surface area contributed by atoms with E-state index in [1.807, 2.05) is 0 Å². The van der Waals surface area contributed by atoms with Gasteiger partial charge in [-0.2, -0.15) is 9.98 Å². The van der Waals surface area contributed by atoms with Crippen molar-refractivity contribution in [3.8, 4) is 5.75 Å². The molecule has 1 atom stereocenters. The monoisotopic (exact) mass is 321 g/mol. The van der Waals surface area contributed by atoms with E-state index < -0.39 is 11.2 Å². The molecule has 2 rings (SSSR count). The van der Waals surface area contributed by atoms with Crippen LogP contribution in [-0.4, -0.2) is 35.3 Å². The van der Waals surface area contributed by atoms with Crippen LogP contribution < -0.4 is 21.5 Å². The summed E-state index contributed by atoms with van der Waals surface area (Å²) in [5, 5.41) is 2.26. The number of carbonyl (C=O) groups excluding carboxylic acids is 2. The Morgan fingerprint density at radius 1 is 1.41 bits per heavy atom. The number of carbonyl (C=O) groups is 2. The molecule has 5 N–H and O–H groups in total. The second-order valence-electron chi connectivity index (χ2n) is 4.36. The number of benzene rings is 1. The number of methoxy groups -OCH3 is 1. The molecule has 0 fully saturated rings. The average molecular weight is 321 g/mol. The zero-order valence-corrected chi connectivity index (χ0v) is 12.6. The van der Waals surface area contributed by atoms with Crippen LogP contribution >= 0.6 is 11.8 Å². The number of hydrogen-bond acceptors (Lipinski definition) is 5. The smallest absolute Gasteiger partial charge is 0.262 e. The van der Waals surface area contributed by atoms with Crippen LogP contribution in [0.15, 0.2) is 34.3 Å². The molecule has 116 valence electrons. The first-order chi connectivity index (χ1) is 10.5. The summed E-state index contributed by atoms with van der Waals surface area (Å²) in [7, 11) is 1.56. The molecule has 0 spiro atoms. The lowest BCUT2D eigenvalue weighted by atomic mass is 10.2. The van der Waals surface area contributed by atoms with Gasteiger partial charge in [0.25, 0.3) is 5.91 Å². The molecular formula is C13H15N5O3S. The SMILES string of the molecule is COc1ccc(NC(=O)C[C@@H]2SC(N=C(N)N)=NC2=O)cc1. The van der Waals surface area contributed by atoms with Crippen molar-refractivity contribution in [1.29, 1.82) is 0 Å². The molecule has 8 nitrogen and oxygen atoms in total. The minimum Gasteiger partial charge on any atom is -0.497 e. The van der Waals surface area contributed by atoms with Crippen LogP contribution in [-0.2, 0) is 9.59 Å². The molecule has 0 aliphatic carbocycles. The Morgan fingerprint density at radius 3 is 2.68 bits per heavy atom. The number of anilines is 1. The fourth-order valence-electron chi connectivity index (χ4n) is 1.72. The van der Waals surface area contributed by atoms with Crippen LogP contribution in [0.2, 0.25) is 0 Å². The van der Waals surface area contributed by atoms with Crippen LogP contribution in [0.4, 0.5) is 5.69 Å². The number of ether oxygens (including phenoxy) is 1. The number of aliphatic imine (C=N–C) groups is 2. The lowest BCUT2D eigenvalue weighted by Crippen LogP contribution is -2.23. The molecule has 0 unspecified atom stereocenters. The van der Waals surface area contributed by atoms with Gasteiger partial charge in [0.2, 0.25) is 5.91 Å². The quantitative estimate of drug-likeness (QED) is 0.539. The van der Waals surface area contributed by atoms with Crippen molar-refractivity contribution in [2.45, 2.75) is 11.7 Å². The van der Waals surface area contributed by atoms with Crippen molar-refractivity contribution < 1.29 is 14.3 Å². The Morgan fingerprint density at radius 2 is 2.09 bits per heavy atom. The van der Waals surface area contributed by atoms with Crippen molar-refractivity contribution in [2.24, 2.45) is 21.5 Å². The van der Waals surface area contributed by atoms with E-state index in [9.17, 15) is 9.59 Å². The average Bonchev–Trinajstić information content (AvgIpc) is 2.78. The first-order valence-corrected chi connectivity index (χ1v) is 7.18. The second-order valence-corrected chi connectivity index (χ2v) is 5.53. The first-order valence-electron chi connectivity index (χ1n) is 6.30. The molecule has 0 bridgehead atoms. The maximum atomic E-state index is 12.0. The Kier molecular flexibility index (Phi) is 4.99. The van der Waals surface area contributed by atoms with Crippen molar-refractivity contribution in [3.05, 3.63) is 24.3 Å². The van der Waals surface area contributed by atoms with E-state index in [4.69, 9.17) is 16.2 Å². The van der Waals surface area contributed by atoms with Gasteiger partial charge in [-0.3, -0.25) is 9.59 Å². The van der Waals surface area contributed by atoms with Gasteiger partial charge < -0.3 is 21.5 Å². The number of nitrogens with one attached hydrogen (secondary N) is 1.